The molecule has 0 saturated heterocycles. The highest BCUT2D eigenvalue weighted by atomic mass is 14.1. The van der Waals surface area contributed by atoms with Crippen LogP contribution in [0.5, 0.6) is 0 Å². The molecule has 2 atom stereocenters. The smallest absolute Gasteiger partial charge is 0.0259 e. The Hall–Kier alpha value is -0.260. The molecule has 0 aliphatic heterocycles. The summed E-state index contributed by atoms with van der Waals surface area (Å²) in [5.74, 6) is 1.13. The Labute approximate surface area is 51.6 Å². The second-order valence-electron chi connectivity index (χ2n) is 2.64. The first kappa shape index (κ1) is 5.87. The van der Waals surface area contributed by atoms with Crippen molar-refractivity contribution in [2.45, 2.75) is 19.8 Å². The van der Waals surface area contributed by atoms with Crippen LogP contribution in [0.4, 0.5) is 0 Å². The van der Waals surface area contributed by atoms with Crippen molar-refractivity contribution in [1.82, 2.24) is 0 Å². The van der Waals surface area contributed by atoms with Gasteiger partial charge in [-0.2, -0.15) is 0 Å². The molecule has 8 heavy (non-hydrogen) atoms. The summed E-state index contributed by atoms with van der Waals surface area (Å²) < 4.78 is 0. The van der Waals surface area contributed by atoms with E-state index in [0.717, 1.165) is 12.8 Å². The lowest BCUT2D eigenvalue weighted by Crippen LogP contribution is -2.04. The van der Waals surface area contributed by atoms with E-state index >= 15 is 0 Å². The molecule has 2 radical (unpaired) electrons. The highest BCUT2D eigenvalue weighted by Gasteiger charge is 2.08. The van der Waals surface area contributed by atoms with Crippen LogP contribution in [0.15, 0.2) is 12.2 Å². The second kappa shape index (κ2) is 2.34. The Bertz CT molecular complexity index is 92.2. The van der Waals surface area contributed by atoms with Crippen LogP contribution in [-0.4, -0.2) is 0 Å². The molecule has 0 N–H and O–H groups in total. The molecule has 0 saturated carbocycles. The molecule has 0 spiro atoms. The van der Waals surface area contributed by atoms with Crippen molar-refractivity contribution in [3.63, 3.8) is 0 Å². The lowest BCUT2D eigenvalue weighted by atomic mass is 9.89. The van der Waals surface area contributed by atoms with Crippen LogP contribution in [0.3, 0.4) is 0 Å². The van der Waals surface area contributed by atoms with Crippen molar-refractivity contribution in [3.05, 3.63) is 19.1 Å². The SMILES string of the molecule is [CH]C1CC=CC(C)C1. The van der Waals surface area contributed by atoms with Crippen molar-refractivity contribution >= 4 is 0 Å². The van der Waals surface area contributed by atoms with Crippen molar-refractivity contribution < 1.29 is 0 Å². The van der Waals surface area contributed by atoms with Gasteiger partial charge >= 0.3 is 0 Å². The average molecular weight is 108 g/mol. The summed E-state index contributed by atoms with van der Waals surface area (Å²) in [4.78, 5) is 0. The molecule has 1 rings (SSSR count). The van der Waals surface area contributed by atoms with Crippen LogP contribution in [0.2, 0.25) is 0 Å². The van der Waals surface area contributed by atoms with Gasteiger partial charge in [-0.15, -0.1) is 0 Å². The Morgan fingerprint density at radius 2 is 2.38 bits per heavy atom. The summed E-state index contributed by atoms with van der Waals surface area (Å²) >= 11 is 0. The average Bonchev–Trinajstić information content (AvgIpc) is 1.64. The molecule has 0 amide bonds. The summed E-state index contributed by atoms with van der Waals surface area (Å²) in [5.41, 5.74) is 0. The zero-order valence-corrected chi connectivity index (χ0v) is 5.30. The monoisotopic (exact) mass is 108 g/mol. The van der Waals surface area contributed by atoms with E-state index in [1.807, 2.05) is 0 Å². The first-order valence-corrected chi connectivity index (χ1v) is 3.21. The van der Waals surface area contributed by atoms with Crippen molar-refractivity contribution in [1.29, 1.82) is 0 Å². The minimum atomic E-state index is 0.426. The minimum absolute atomic E-state index is 0.426. The predicted molar refractivity (Wildman–Crippen MR) is 35.3 cm³/mol. The van der Waals surface area contributed by atoms with Gasteiger partial charge in [0.25, 0.3) is 0 Å². The molecule has 0 aromatic heterocycles. The van der Waals surface area contributed by atoms with Crippen molar-refractivity contribution in [2.24, 2.45) is 11.8 Å². The summed E-state index contributed by atoms with van der Waals surface area (Å²) in [6, 6.07) is 0. The third-order valence-corrected chi connectivity index (χ3v) is 1.58. The van der Waals surface area contributed by atoms with Gasteiger partial charge in [0.15, 0.2) is 0 Å². The molecule has 1 aliphatic carbocycles. The fourth-order valence-corrected chi connectivity index (χ4v) is 1.14. The van der Waals surface area contributed by atoms with E-state index in [9.17, 15) is 0 Å². The molecule has 0 fully saturated rings. The summed E-state index contributed by atoms with van der Waals surface area (Å²) in [6.45, 7) is 7.88. The van der Waals surface area contributed by atoms with E-state index in [1.165, 1.54) is 0 Å². The van der Waals surface area contributed by atoms with Gasteiger partial charge < -0.3 is 0 Å². The lowest BCUT2D eigenvalue weighted by Gasteiger charge is -2.16. The summed E-state index contributed by atoms with van der Waals surface area (Å²) in [6.07, 6.45) is 6.66. The van der Waals surface area contributed by atoms with Gasteiger partial charge in [-0.25, -0.2) is 0 Å². The summed E-state index contributed by atoms with van der Waals surface area (Å²) in [5, 5.41) is 0. The van der Waals surface area contributed by atoms with Gasteiger partial charge in [-0.05, 0) is 31.6 Å². The van der Waals surface area contributed by atoms with Crippen LogP contribution in [0.25, 0.3) is 0 Å². The van der Waals surface area contributed by atoms with Gasteiger partial charge in [0, 0.05) is 0 Å². The van der Waals surface area contributed by atoms with Gasteiger partial charge in [-0.1, -0.05) is 19.1 Å². The first-order valence-electron chi connectivity index (χ1n) is 3.21. The Balaban J connectivity index is 2.42. The van der Waals surface area contributed by atoms with Gasteiger partial charge in [0.2, 0.25) is 0 Å². The molecule has 0 bridgehead atoms. The number of rotatable bonds is 0. The molecule has 0 aromatic rings. The molecule has 0 heteroatoms. The van der Waals surface area contributed by atoms with Gasteiger partial charge in [0.05, 0.1) is 0 Å². The maximum atomic E-state index is 5.67. The first-order chi connectivity index (χ1) is 3.79. The lowest BCUT2D eigenvalue weighted by molar-refractivity contribution is 0.486. The fraction of sp³-hybridized carbons (Fsp3) is 0.625. The fourth-order valence-electron chi connectivity index (χ4n) is 1.14. The van der Waals surface area contributed by atoms with E-state index < -0.39 is 0 Å². The highest BCUT2D eigenvalue weighted by molar-refractivity contribution is 4.94. The maximum Gasteiger partial charge on any atom is -0.0259 e. The van der Waals surface area contributed by atoms with E-state index in [1.54, 1.807) is 0 Å². The van der Waals surface area contributed by atoms with Gasteiger partial charge in [-0.3, -0.25) is 0 Å². The predicted octanol–water partition coefficient (Wildman–Crippen LogP) is 2.30. The molecular formula is C8H12. The molecule has 0 aromatic carbocycles. The number of allylic oxidation sites excluding steroid dienone is 2. The third kappa shape index (κ3) is 1.36. The molecule has 2 unspecified atom stereocenters. The zero-order chi connectivity index (χ0) is 5.98. The largest absolute Gasteiger partial charge is 0.0880 e. The van der Waals surface area contributed by atoms with Crippen LogP contribution < -0.4 is 0 Å². The normalized spacial score (nSPS) is 37.8. The van der Waals surface area contributed by atoms with Crippen molar-refractivity contribution in [2.75, 3.05) is 0 Å². The van der Waals surface area contributed by atoms with E-state index in [-0.39, 0.29) is 0 Å². The Morgan fingerprint density at radius 3 is 2.75 bits per heavy atom. The second-order valence-corrected chi connectivity index (χ2v) is 2.64. The number of hydrogen-bond acceptors (Lipinski definition) is 0. The third-order valence-electron chi connectivity index (χ3n) is 1.58. The van der Waals surface area contributed by atoms with Gasteiger partial charge in [0.1, 0.15) is 0 Å². The van der Waals surface area contributed by atoms with Crippen LogP contribution in [-0.2, 0) is 0 Å². The molecular weight excluding hydrogens is 96.1 g/mol. The van der Waals surface area contributed by atoms with Crippen LogP contribution in [0.1, 0.15) is 19.8 Å². The van der Waals surface area contributed by atoms with E-state index in [0.29, 0.717) is 11.8 Å². The highest BCUT2D eigenvalue weighted by Crippen LogP contribution is 2.21. The topological polar surface area (TPSA) is 0 Å². The molecule has 1 aliphatic rings. The number of hydrogen-bond donors (Lipinski definition) is 0. The molecule has 44 valence electrons. The van der Waals surface area contributed by atoms with Crippen LogP contribution in [0, 0.1) is 18.8 Å². The van der Waals surface area contributed by atoms with E-state index in [2.05, 4.69) is 19.1 Å². The van der Waals surface area contributed by atoms with Crippen molar-refractivity contribution in [3.8, 4) is 0 Å². The Morgan fingerprint density at radius 1 is 1.62 bits per heavy atom. The summed E-state index contributed by atoms with van der Waals surface area (Å²) in [7, 11) is 0. The molecule has 0 nitrogen and oxygen atoms in total. The minimum Gasteiger partial charge on any atom is -0.0880 e. The Kier molecular flexibility index (Phi) is 1.72. The van der Waals surface area contributed by atoms with E-state index in [4.69, 9.17) is 6.92 Å². The standard InChI is InChI=1S/C8H12/c1-7-4-3-5-8(2)6-7/h1,3,5,7-8H,4,6H2,2H3. The maximum absolute atomic E-state index is 5.67. The van der Waals surface area contributed by atoms with Crippen LogP contribution >= 0.6 is 0 Å². The molecule has 0 heterocycles. The quantitative estimate of drug-likeness (QED) is 0.418. The zero-order valence-electron chi connectivity index (χ0n) is 5.30.